The van der Waals surface area contributed by atoms with Crippen LogP contribution in [-0.2, 0) is 32.6 Å². The van der Waals surface area contributed by atoms with Gasteiger partial charge in [-0.05, 0) is 61.2 Å². The van der Waals surface area contributed by atoms with Crippen LogP contribution in [0.2, 0.25) is 10.0 Å². The number of amides is 2. The summed E-state index contributed by atoms with van der Waals surface area (Å²) in [5, 5.41) is 3.94. The first-order valence-electron chi connectivity index (χ1n) is 14.8. The molecule has 7 nitrogen and oxygen atoms in total. The molecule has 236 valence electrons. The summed E-state index contributed by atoms with van der Waals surface area (Å²) in [6, 6.07) is 18.9. The lowest BCUT2D eigenvalue weighted by atomic mass is 9.94. The molecule has 0 saturated heterocycles. The molecule has 3 aromatic rings. The fourth-order valence-corrected chi connectivity index (χ4v) is 7.05. The highest BCUT2D eigenvalue weighted by molar-refractivity contribution is 7.92. The second-order valence-corrected chi connectivity index (χ2v) is 13.9. The average molecular weight is 663 g/mol. The number of anilines is 1. The standard InChI is InChI=1S/C33H38Cl2FN3O4S/c1-44(42,43)39(27-19-17-25(36)18-20-27)21-9-16-32(40)38(23-28-29(34)14-8-15-30(28)35)31(22-24-10-4-2-5-11-24)33(41)37-26-12-6-3-7-13-26/h2,4-5,8,10-11,14-15,17-20,26,31H,3,6-7,9,12-13,16,21-23H2,1H3,(H,37,41). The molecule has 1 atom stereocenters. The summed E-state index contributed by atoms with van der Waals surface area (Å²) >= 11 is 13.1. The number of carbonyl (C=O) groups excluding carboxylic acids is 2. The van der Waals surface area contributed by atoms with Crippen molar-refractivity contribution in [2.75, 3.05) is 17.1 Å². The molecule has 0 radical (unpaired) electrons. The average Bonchev–Trinajstić information content (AvgIpc) is 2.99. The molecule has 11 heteroatoms. The monoisotopic (exact) mass is 661 g/mol. The van der Waals surface area contributed by atoms with Gasteiger partial charge in [-0.3, -0.25) is 13.9 Å². The maximum atomic E-state index is 14.1. The highest BCUT2D eigenvalue weighted by Gasteiger charge is 2.33. The molecule has 1 unspecified atom stereocenters. The minimum Gasteiger partial charge on any atom is -0.352 e. The van der Waals surface area contributed by atoms with E-state index in [1.54, 1.807) is 18.2 Å². The van der Waals surface area contributed by atoms with Crippen LogP contribution in [0.3, 0.4) is 0 Å². The first kappa shape index (κ1) is 33.7. The molecule has 0 aliphatic heterocycles. The molecule has 0 spiro atoms. The number of carbonyl (C=O) groups is 2. The summed E-state index contributed by atoms with van der Waals surface area (Å²) in [4.78, 5) is 29.5. The normalized spacial score (nSPS) is 14.5. The van der Waals surface area contributed by atoms with E-state index in [-0.39, 0.29) is 50.2 Å². The summed E-state index contributed by atoms with van der Waals surface area (Å²) in [5.41, 5.74) is 1.71. The van der Waals surface area contributed by atoms with Crippen LogP contribution in [0.5, 0.6) is 0 Å². The van der Waals surface area contributed by atoms with Crippen LogP contribution in [0, 0.1) is 5.82 Å². The molecule has 4 rings (SSSR count). The number of nitrogens with one attached hydrogen (secondary N) is 1. The lowest BCUT2D eigenvalue weighted by Gasteiger charge is -2.34. The molecule has 44 heavy (non-hydrogen) atoms. The van der Waals surface area contributed by atoms with Gasteiger partial charge in [0.05, 0.1) is 11.9 Å². The zero-order valence-electron chi connectivity index (χ0n) is 24.7. The summed E-state index contributed by atoms with van der Waals surface area (Å²) in [5.74, 6) is -1.07. The van der Waals surface area contributed by atoms with E-state index in [9.17, 15) is 22.4 Å². The van der Waals surface area contributed by atoms with Crippen LogP contribution in [0.15, 0.2) is 72.8 Å². The molecule has 0 aromatic heterocycles. The number of sulfonamides is 1. The second kappa shape index (κ2) is 15.7. The fraction of sp³-hybridized carbons (Fsp3) is 0.394. The second-order valence-electron chi connectivity index (χ2n) is 11.2. The van der Waals surface area contributed by atoms with E-state index in [4.69, 9.17) is 23.2 Å². The minimum absolute atomic E-state index is 0.000674. The predicted molar refractivity (Wildman–Crippen MR) is 174 cm³/mol. The van der Waals surface area contributed by atoms with E-state index >= 15 is 0 Å². The van der Waals surface area contributed by atoms with Gasteiger partial charge in [0.15, 0.2) is 0 Å². The van der Waals surface area contributed by atoms with Gasteiger partial charge in [-0.1, -0.05) is 78.9 Å². The highest BCUT2D eigenvalue weighted by atomic mass is 35.5. The summed E-state index contributed by atoms with van der Waals surface area (Å²) in [6.07, 6.45) is 6.45. The maximum Gasteiger partial charge on any atom is 0.243 e. The zero-order valence-corrected chi connectivity index (χ0v) is 27.1. The highest BCUT2D eigenvalue weighted by Crippen LogP contribution is 2.28. The van der Waals surface area contributed by atoms with Crippen molar-refractivity contribution in [2.24, 2.45) is 0 Å². The Hall–Kier alpha value is -3.14. The Kier molecular flexibility index (Phi) is 12.1. The third-order valence-corrected chi connectivity index (χ3v) is 9.78. The molecule has 1 fully saturated rings. The Labute approximate surface area is 269 Å². The number of hydrogen-bond acceptors (Lipinski definition) is 4. The Morgan fingerprint density at radius 1 is 0.932 bits per heavy atom. The van der Waals surface area contributed by atoms with Gasteiger partial charge in [0.1, 0.15) is 11.9 Å². The predicted octanol–water partition coefficient (Wildman–Crippen LogP) is 6.77. The lowest BCUT2D eigenvalue weighted by molar-refractivity contribution is -0.141. The Morgan fingerprint density at radius 3 is 2.18 bits per heavy atom. The van der Waals surface area contributed by atoms with Gasteiger partial charge in [0.2, 0.25) is 21.8 Å². The van der Waals surface area contributed by atoms with E-state index in [2.05, 4.69) is 5.32 Å². The molecule has 1 N–H and O–H groups in total. The number of hydrogen-bond donors (Lipinski definition) is 1. The SMILES string of the molecule is CS(=O)(=O)N(CCCC(=O)N(Cc1c(Cl)cccc1Cl)C(Cc1ccccc1)C(=O)NC1CCCCC1)c1ccc(F)cc1. The molecule has 1 aliphatic carbocycles. The van der Waals surface area contributed by atoms with Crippen molar-refractivity contribution >= 4 is 50.7 Å². The number of rotatable bonds is 13. The van der Waals surface area contributed by atoms with Crippen LogP contribution in [0.1, 0.15) is 56.1 Å². The third-order valence-electron chi connectivity index (χ3n) is 7.88. The molecule has 0 bridgehead atoms. The van der Waals surface area contributed by atoms with Gasteiger partial charge in [0, 0.05) is 47.6 Å². The summed E-state index contributed by atoms with van der Waals surface area (Å²) < 4.78 is 39.8. The first-order valence-corrected chi connectivity index (χ1v) is 17.4. The third kappa shape index (κ3) is 9.43. The van der Waals surface area contributed by atoms with E-state index in [1.807, 2.05) is 30.3 Å². The topological polar surface area (TPSA) is 86.8 Å². The van der Waals surface area contributed by atoms with E-state index < -0.39 is 21.9 Å². The lowest BCUT2D eigenvalue weighted by Crippen LogP contribution is -2.53. The smallest absolute Gasteiger partial charge is 0.243 e. The van der Waals surface area contributed by atoms with Gasteiger partial charge in [0.25, 0.3) is 0 Å². The van der Waals surface area contributed by atoms with Crippen molar-refractivity contribution in [3.05, 3.63) is 99.8 Å². The number of benzene rings is 3. The van der Waals surface area contributed by atoms with E-state index in [0.717, 1.165) is 48.2 Å². The van der Waals surface area contributed by atoms with Crippen molar-refractivity contribution < 1.29 is 22.4 Å². The van der Waals surface area contributed by atoms with Gasteiger partial charge >= 0.3 is 0 Å². The molecule has 0 heterocycles. The van der Waals surface area contributed by atoms with Crippen LogP contribution >= 0.6 is 23.2 Å². The Bertz CT molecular complexity index is 1500. The van der Waals surface area contributed by atoms with Crippen molar-refractivity contribution in [3.8, 4) is 0 Å². The van der Waals surface area contributed by atoms with Crippen LogP contribution < -0.4 is 9.62 Å². The van der Waals surface area contributed by atoms with Crippen molar-refractivity contribution in [2.45, 2.75) is 70.0 Å². The van der Waals surface area contributed by atoms with Crippen LogP contribution in [0.4, 0.5) is 10.1 Å². The van der Waals surface area contributed by atoms with E-state index in [1.165, 1.54) is 29.2 Å². The first-order chi connectivity index (χ1) is 21.0. The Balaban J connectivity index is 1.62. The molecular formula is C33H38Cl2FN3O4S. The molecule has 3 aromatic carbocycles. The fourth-order valence-electron chi connectivity index (χ4n) is 5.56. The van der Waals surface area contributed by atoms with Gasteiger partial charge in [-0.25, -0.2) is 12.8 Å². The molecular weight excluding hydrogens is 624 g/mol. The minimum atomic E-state index is -3.71. The largest absolute Gasteiger partial charge is 0.352 e. The summed E-state index contributed by atoms with van der Waals surface area (Å²) in [6.45, 7) is -0.00476. The number of halogens is 3. The van der Waals surface area contributed by atoms with Crippen LogP contribution in [0.25, 0.3) is 0 Å². The molecule has 1 saturated carbocycles. The van der Waals surface area contributed by atoms with E-state index in [0.29, 0.717) is 21.3 Å². The van der Waals surface area contributed by atoms with Gasteiger partial charge in [-0.15, -0.1) is 0 Å². The van der Waals surface area contributed by atoms with Crippen LogP contribution in [-0.4, -0.2) is 50.0 Å². The van der Waals surface area contributed by atoms with Crippen molar-refractivity contribution in [3.63, 3.8) is 0 Å². The van der Waals surface area contributed by atoms with Gasteiger partial charge < -0.3 is 10.2 Å². The molecule has 1 aliphatic rings. The van der Waals surface area contributed by atoms with Gasteiger partial charge in [-0.2, -0.15) is 0 Å². The maximum absolute atomic E-state index is 14.1. The van der Waals surface area contributed by atoms with Crippen molar-refractivity contribution in [1.29, 1.82) is 0 Å². The molecule has 2 amide bonds. The Morgan fingerprint density at radius 2 is 1.57 bits per heavy atom. The van der Waals surface area contributed by atoms with Crippen molar-refractivity contribution in [1.82, 2.24) is 10.2 Å². The zero-order chi connectivity index (χ0) is 31.7. The quantitative estimate of drug-likeness (QED) is 0.219. The number of nitrogens with zero attached hydrogens (tertiary/aromatic N) is 2. The summed E-state index contributed by atoms with van der Waals surface area (Å²) in [7, 11) is -3.71.